The Hall–Kier alpha value is -2.55. The van der Waals surface area contributed by atoms with Crippen LogP contribution >= 0.6 is 0 Å². The SMILES string of the molecule is CC(NC(=O)[C@H]1CCCN1C(=O)[C@H]1CCCN(S(=O)(=O)N2CC(C#N)C2)C1)c1ccc(F)cc1. The fourth-order valence-electron chi connectivity index (χ4n) is 4.91. The Labute approximate surface area is 199 Å². The van der Waals surface area contributed by atoms with Gasteiger partial charge in [0.2, 0.25) is 11.8 Å². The molecule has 4 rings (SSSR count). The molecule has 0 spiro atoms. The van der Waals surface area contributed by atoms with E-state index in [0.717, 1.165) is 5.56 Å². The quantitative estimate of drug-likeness (QED) is 0.646. The Morgan fingerprint density at radius 2 is 1.76 bits per heavy atom. The molecule has 1 unspecified atom stereocenters. The first kappa shape index (κ1) is 24.6. The standard InChI is InChI=1S/C23H30FN5O4S/c1-16(18-6-8-20(24)9-7-18)26-22(30)21-5-3-11-29(21)23(31)19-4-2-10-27(15-19)34(32,33)28-13-17(12-25)14-28/h6-9,16-17,19,21H,2-5,10-11,13-15H2,1H3,(H,26,30)/t16?,19-,21+/m0/s1. The van der Waals surface area contributed by atoms with Crippen molar-refractivity contribution in [3.63, 3.8) is 0 Å². The molecular weight excluding hydrogens is 461 g/mol. The molecule has 2 amide bonds. The summed E-state index contributed by atoms with van der Waals surface area (Å²) in [5.74, 6) is -1.58. The van der Waals surface area contributed by atoms with E-state index >= 15 is 0 Å². The van der Waals surface area contributed by atoms with Gasteiger partial charge in [0.25, 0.3) is 10.2 Å². The summed E-state index contributed by atoms with van der Waals surface area (Å²) in [7, 11) is -3.70. The second-order valence-corrected chi connectivity index (χ2v) is 11.2. The van der Waals surface area contributed by atoms with Gasteiger partial charge in [-0.05, 0) is 50.3 Å². The van der Waals surface area contributed by atoms with Crippen molar-refractivity contribution in [2.24, 2.45) is 11.8 Å². The van der Waals surface area contributed by atoms with E-state index in [1.54, 1.807) is 17.0 Å². The third kappa shape index (κ3) is 4.94. The second-order valence-electron chi connectivity index (χ2n) is 9.32. The van der Waals surface area contributed by atoms with E-state index in [0.29, 0.717) is 38.8 Å². The van der Waals surface area contributed by atoms with Crippen molar-refractivity contribution in [3.8, 4) is 6.07 Å². The average molecular weight is 492 g/mol. The van der Waals surface area contributed by atoms with Crippen LogP contribution in [0.2, 0.25) is 0 Å². The molecule has 0 aromatic heterocycles. The maximum Gasteiger partial charge on any atom is 0.282 e. The van der Waals surface area contributed by atoms with Crippen LogP contribution in [0.5, 0.6) is 0 Å². The Balaban J connectivity index is 1.38. The van der Waals surface area contributed by atoms with Gasteiger partial charge in [-0.2, -0.15) is 22.3 Å². The third-order valence-electron chi connectivity index (χ3n) is 6.98. The second kappa shape index (κ2) is 9.98. The van der Waals surface area contributed by atoms with Crippen LogP contribution in [0.1, 0.15) is 44.2 Å². The number of benzene rings is 1. The Morgan fingerprint density at radius 1 is 1.09 bits per heavy atom. The summed E-state index contributed by atoms with van der Waals surface area (Å²) in [5, 5.41) is 11.9. The summed E-state index contributed by atoms with van der Waals surface area (Å²) in [6.45, 7) is 3.08. The van der Waals surface area contributed by atoms with Crippen molar-refractivity contribution in [3.05, 3.63) is 35.6 Å². The zero-order valence-electron chi connectivity index (χ0n) is 19.2. The van der Waals surface area contributed by atoms with E-state index in [4.69, 9.17) is 5.26 Å². The molecule has 1 aromatic carbocycles. The van der Waals surface area contributed by atoms with Gasteiger partial charge in [0, 0.05) is 32.7 Å². The van der Waals surface area contributed by atoms with Crippen molar-refractivity contribution >= 4 is 22.0 Å². The zero-order chi connectivity index (χ0) is 24.5. The van der Waals surface area contributed by atoms with E-state index in [1.165, 1.54) is 20.7 Å². The highest BCUT2D eigenvalue weighted by atomic mass is 32.2. The Bertz CT molecular complexity index is 1070. The van der Waals surface area contributed by atoms with Gasteiger partial charge in [0.05, 0.1) is 23.9 Å². The number of nitrogens with zero attached hydrogens (tertiary/aromatic N) is 4. The summed E-state index contributed by atoms with van der Waals surface area (Å²) in [6.07, 6.45) is 2.39. The summed E-state index contributed by atoms with van der Waals surface area (Å²) in [4.78, 5) is 27.9. The Kier molecular flexibility index (Phi) is 7.21. The molecule has 34 heavy (non-hydrogen) atoms. The monoisotopic (exact) mass is 491 g/mol. The average Bonchev–Trinajstić information content (AvgIpc) is 3.28. The van der Waals surface area contributed by atoms with Gasteiger partial charge in [0.15, 0.2) is 0 Å². The first-order chi connectivity index (χ1) is 16.2. The first-order valence-electron chi connectivity index (χ1n) is 11.7. The highest BCUT2D eigenvalue weighted by Gasteiger charge is 2.44. The lowest BCUT2D eigenvalue weighted by molar-refractivity contribution is -0.142. The summed E-state index contributed by atoms with van der Waals surface area (Å²) in [5.41, 5.74) is 0.767. The summed E-state index contributed by atoms with van der Waals surface area (Å²) < 4.78 is 41.6. The molecule has 1 aromatic rings. The molecule has 3 aliphatic heterocycles. The lowest BCUT2D eigenvalue weighted by Gasteiger charge is -2.41. The molecule has 11 heteroatoms. The molecule has 0 bridgehead atoms. The minimum absolute atomic E-state index is 0.0890. The van der Waals surface area contributed by atoms with Crippen molar-refractivity contribution in [1.82, 2.24) is 18.8 Å². The summed E-state index contributed by atoms with van der Waals surface area (Å²) >= 11 is 0. The predicted molar refractivity (Wildman–Crippen MR) is 122 cm³/mol. The van der Waals surface area contributed by atoms with Gasteiger partial charge >= 0.3 is 0 Å². The van der Waals surface area contributed by atoms with Crippen molar-refractivity contribution < 1.29 is 22.4 Å². The zero-order valence-corrected chi connectivity index (χ0v) is 20.0. The van der Waals surface area contributed by atoms with E-state index in [9.17, 15) is 22.4 Å². The number of nitrogens with one attached hydrogen (secondary N) is 1. The van der Waals surface area contributed by atoms with Crippen molar-refractivity contribution in [2.75, 3.05) is 32.7 Å². The molecule has 3 aliphatic rings. The van der Waals surface area contributed by atoms with E-state index in [-0.39, 0.29) is 49.2 Å². The largest absolute Gasteiger partial charge is 0.348 e. The number of nitriles is 1. The normalized spacial score (nSPS) is 25.4. The lowest BCUT2D eigenvalue weighted by atomic mass is 9.97. The van der Waals surface area contributed by atoms with E-state index in [1.807, 2.05) is 6.92 Å². The number of rotatable bonds is 6. The molecular formula is C23H30FN5O4S. The Morgan fingerprint density at radius 3 is 2.44 bits per heavy atom. The molecule has 9 nitrogen and oxygen atoms in total. The van der Waals surface area contributed by atoms with Crippen LogP contribution in [-0.4, -0.2) is 72.5 Å². The van der Waals surface area contributed by atoms with Crippen LogP contribution in [0.3, 0.4) is 0 Å². The number of carbonyl (C=O) groups excluding carboxylic acids is 2. The fourth-order valence-corrected chi connectivity index (χ4v) is 6.70. The van der Waals surface area contributed by atoms with Crippen LogP contribution in [0, 0.1) is 29.0 Å². The topological polar surface area (TPSA) is 114 Å². The lowest BCUT2D eigenvalue weighted by Crippen LogP contribution is -2.57. The van der Waals surface area contributed by atoms with E-state index < -0.39 is 22.2 Å². The highest BCUT2D eigenvalue weighted by molar-refractivity contribution is 7.86. The molecule has 184 valence electrons. The third-order valence-corrected chi connectivity index (χ3v) is 8.92. The number of hydrogen-bond acceptors (Lipinski definition) is 5. The van der Waals surface area contributed by atoms with Crippen LogP contribution in [0.25, 0.3) is 0 Å². The van der Waals surface area contributed by atoms with Crippen LogP contribution in [-0.2, 0) is 19.8 Å². The van der Waals surface area contributed by atoms with Crippen molar-refractivity contribution in [2.45, 2.75) is 44.7 Å². The molecule has 3 atom stereocenters. The first-order valence-corrected chi connectivity index (χ1v) is 13.1. The van der Waals surface area contributed by atoms with Crippen LogP contribution < -0.4 is 5.32 Å². The number of piperidine rings is 1. The molecule has 0 saturated carbocycles. The van der Waals surface area contributed by atoms with Crippen LogP contribution in [0.15, 0.2) is 24.3 Å². The summed E-state index contributed by atoms with van der Waals surface area (Å²) in [6, 6.07) is 7.05. The predicted octanol–water partition coefficient (Wildman–Crippen LogP) is 1.41. The number of halogens is 1. The molecule has 1 N–H and O–H groups in total. The minimum Gasteiger partial charge on any atom is -0.348 e. The molecule has 3 fully saturated rings. The van der Waals surface area contributed by atoms with Gasteiger partial charge < -0.3 is 10.2 Å². The maximum absolute atomic E-state index is 13.4. The number of amides is 2. The molecule has 0 aliphatic carbocycles. The van der Waals surface area contributed by atoms with Crippen LogP contribution in [0.4, 0.5) is 4.39 Å². The molecule has 3 saturated heterocycles. The van der Waals surface area contributed by atoms with Gasteiger partial charge in [0.1, 0.15) is 11.9 Å². The fraction of sp³-hybridized carbons (Fsp3) is 0.609. The van der Waals surface area contributed by atoms with Gasteiger partial charge in [-0.3, -0.25) is 9.59 Å². The number of carbonyl (C=O) groups is 2. The number of hydrogen-bond donors (Lipinski definition) is 1. The van der Waals surface area contributed by atoms with Gasteiger partial charge in [-0.25, -0.2) is 4.39 Å². The number of likely N-dealkylation sites (tertiary alicyclic amines) is 1. The molecule has 3 heterocycles. The smallest absolute Gasteiger partial charge is 0.282 e. The van der Waals surface area contributed by atoms with Crippen molar-refractivity contribution in [1.29, 1.82) is 5.26 Å². The van der Waals surface area contributed by atoms with Gasteiger partial charge in [-0.1, -0.05) is 12.1 Å². The maximum atomic E-state index is 13.4. The highest BCUT2D eigenvalue weighted by Crippen LogP contribution is 2.29. The molecule has 0 radical (unpaired) electrons. The van der Waals surface area contributed by atoms with E-state index in [2.05, 4.69) is 11.4 Å². The van der Waals surface area contributed by atoms with Gasteiger partial charge in [-0.15, -0.1) is 0 Å². The minimum atomic E-state index is -3.70.